The highest BCUT2D eigenvalue weighted by Gasteiger charge is 2.24. The van der Waals surface area contributed by atoms with E-state index in [0.29, 0.717) is 10.2 Å². The normalized spacial score (nSPS) is 17.9. The van der Waals surface area contributed by atoms with Crippen molar-refractivity contribution in [2.24, 2.45) is 5.92 Å². The number of benzene rings is 1. The van der Waals surface area contributed by atoms with Gasteiger partial charge in [0.15, 0.2) is 0 Å². The zero-order chi connectivity index (χ0) is 18.0. The molecule has 2 aromatic rings. The molecule has 1 N–H and O–H groups in total. The van der Waals surface area contributed by atoms with Crippen molar-refractivity contribution in [3.05, 3.63) is 35.5 Å². The first-order valence-electron chi connectivity index (χ1n) is 8.21. The van der Waals surface area contributed by atoms with Crippen LogP contribution in [-0.2, 0) is 11.2 Å². The van der Waals surface area contributed by atoms with Gasteiger partial charge in [-0.3, -0.25) is 4.79 Å². The predicted molar refractivity (Wildman–Crippen MR) is 89.0 cm³/mol. The van der Waals surface area contributed by atoms with E-state index in [1.165, 1.54) is 6.20 Å². The fourth-order valence-corrected chi connectivity index (χ4v) is 3.08. The molecule has 1 aliphatic rings. The first kappa shape index (κ1) is 17.1. The molecule has 1 unspecified atom stereocenters. The second-order valence-corrected chi connectivity index (χ2v) is 6.26. The minimum absolute atomic E-state index is 0.0644. The molecule has 0 saturated heterocycles. The van der Waals surface area contributed by atoms with Crippen molar-refractivity contribution in [2.75, 3.05) is 5.32 Å². The van der Waals surface area contributed by atoms with Crippen LogP contribution in [0.1, 0.15) is 43.9 Å². The number of aryl methyl sites for hydroxylation is 1. The lowest BCUT2D eigenvalue weighted by Gasteiger charge is -2.16. The maximum absolute atomic E-state index is 13.4. The summed E-state index contributed by atoms with van der Waals surface area (Å²) in [5, 5.41) is 15.8. The molecule has 1 aliphatic heterocycles. The molecular weight excluding hydrogens is 326 g/mol. The average molecular weight is 344 g/mol. The quantitative estimate of drug-likeness (QED) is 0.846. The van der Waals surface area contributed by atoms with Crippen LogP contribution < -0.4 is 5.32 Å². The molecule has 0 radical (unpaired) electrons. The molecule has 130 valence electrons. The van der Waals surface area contributed by atoms with Gasteiger partial charge in [-0.2, -0.15) is 19.1 Å². The number of alkyl halides is 2. The molecule has 0 saturated carbocycles. The number of hydrogen-bond acceptors (Lipinski definition) is 3. The second-order valence-electron chi connectivity index (χ2n) is 6.26. The van der Waals surface area contributed by atoms with Gasteiger partial charge in [0.1, 0.15) is 0 Å². The Morgan fingerprint density at radius 3 is 2.92 bits per heavy atom. The minimum Gasteiger partial charge on any atom is -0.323 e. The summed E-state index contributed by atoms with van der Waals surface area (Å²) < 4.78 is 27.4. The molecule has 0 fully saturated rings. The molecule has 0 spiro atoms. The van der Waals surface area contributed by atoms with Crippen LogP contribution in [0.15, 0.2) is 24.4 Å². The van der Waals surface area contributed by atoms with Crippen molar-refractivity contribution in [3.8, 4) is 17.3 Å². The van der Waals surface area contributed by atoms with Gasteiger partial charge in [0.25, 0.3) is 0 Å². The lowest BCUT2D eigenvalue weighted by atomic mass is 9.95. The number of carbonyl (C=O) groups is 1. The lowest BCUT2D eigenvalue weighted by molar-refractivity contribution is -0.119. The summed E-state index contributed by atoms with van der Waals surface area (Å²) in [5.74, 6) is -0.457. The Hall–Kier alpha value is -2.75. The highest BCUT2D eigenvalue weighted by Crippen LogP contribution is 2.35. The zero-order valence-electron chi connectivity index (χ0n) is 13.8. The van der Waals surface area contributed by atoms with E-state index < -0.39 is 6.55 Å². The molecule has 2 bridgehead atoms. The SMILES string of the molecule is CC1CCCCc2ccc(C#N)c(c2)-c2c(cnn2C(F)F)NC1=O. The van der Waals surface area contributed by atoms with Crippen molar-refractivity contribution >= 4 is 11.6 Å². The summed E-state index contributed by atoms with van der Waals surface area (Å²) in [6.07, 6.45) is 4.50. The molecule has 3 rings (SSSR count). The molecule has 1 amide bonds. The van der Waals surface area contributed by atoms with Crippen molar-refractivity contribution in [3.63, 3.8) is 0 Å². The van der Waals surface area contributed by atoms with Crippen molar-refractivity contribution in [1.82, 2.24) is 9.78 Å². The van der Waals surface area contributed by atoms with Crippen molar-refractivity contribution < 1.29 is 13.6 Å². The molecule has 1 aromatic carbocycles. The predicted octanol–water partition coefficient (Wildman–Crippen LogP) is 4.12. The van der Waals surface area contributed by atoms with E-state index in [0.717, 1.165) is 31.2 Å². The van der Waals surface area contributed by atoms with Crippen LogP contribution in [0.2, 0.25) is 0 Å². The van der Waals surface area contributed by atoms with Gasteiger partial charge in [-0.25, -0.2) is 4.68 Å². The monoisotopic (exact) mass is 344 g/mol. The molecule has 0 aliphatic carbocycles. The molecule has 2 heterocycles. The summed E-state index contributed by atoms with van der Waals surface area (Å²) in [4.78, 5) is 12.4. The van der Waals surface area contributed by atoms with Gasteiger partial charge in [-0.1, -0.05) is 19.4 Å². The zero-order valence-corrected chi connectivity index (χ0v) is 13.8. The van der Waals surface area contributed by atoms with E-state index in [-0.39, 0.29) is 28.8 Å². The smallest absolute Gasteiger partial charge is 0.323 e. The number of halogens is 2. The van der Waals surface area contributed by atoms with Crippen LogP contribution in [0.3, 0.4) is 0 Å². The Morgan fingerprint density at radius 1 is 1.40 bits per heavy atom. The third-order valence-corrected chi connectivity index (χ3v) is 4.50. The third kappa shape index (κ3) is 3.38. The van der Waals surface area contributed by atoms with Crippen LogP contribution in [0.25, 0.3) is 11.3 Å². The first-order chi connectivity index (χ1) is 12.0. The number of fused-ring (bicyclic) bond motifs is 4. The summed E-state index contributed by atoms with van der Waals surface area (Å²) in [7, 11) is 0. The van der Waals surface area contributed by atoms with E-state index in [4.69, 9.17) is 0 Å². The number of nitriles is 1. The number of carbonyl (C=O) groups excluding carboxylic acids is 1. The van der Waals surface area contributed by atoms with Gasteiger partial charge in [0.05, 0.1) is 29.2 Å². The Morgan fingerprint density at radius 2 is 2.20 bits per heavy atom. The van der Waals surface area contributed by atoms with E-state index >= 15 is 0 Å². The molecule has 5 nitrogen and oxygen atoms in total. The van der Waals surface area contributed by atoms with Gasteiger partial charge in [0, 0.05) is 11.5 Å². The van der Waals surface area contributed by atoms with Crippen LogP contribution in [-0.4, -0.2) is 15.7 Å². The molecular formula is C18H18F2N4O. The summed E-state index contributed by atoms with van der Waals surface area (Å²) >= 11 is 0. The summed E-state index contributed by atoms with van der Waals surface area (Å²) in [6, 6.07) is 7.26. The van der Waals surface area contributed by atoms with Crippen molar-refractivity contribution in [2.45, 2.75) is 39.2 Å². The van der Waals surface area contributed by atoms with Gasteiger partial charge >= 0.3 is 6.55 Å². The lowest BCUT2D eigenvalue weighted by Crippen LogP contribution is -2.21. The molecule has 7 heteroatoms. The second kappa shape index (κ2) is 7.01. The van der Waals surface area contributed by atoms with Crippen LogP contribution in [0.4, 0.5) is 14.5 Å². The molecule has 1 aromatic heterocycles. The van der Waals surface area contributed by atoms with E-state index in [1.807, 2.05) is 19.1 Å². The number of nitrogens with zero attached hydrogens (tertiary/aromatic N) is 3. The minimum atomic E-state index is -2.87. The Labute approximate surface area is 144 Å². The highest BCUT2D eigenvalue weighted by molar-refractivity contribution is 5.96. The van der Waals surface area contributed by atoms with Crippen LogP contribution in [0, 0.1) is 17.2 Å². The fourth-order valence-electron chi connectivity index (χ4n) is 3.08. The first-order valence-corrected chi connectivity index (χ1v) is 8.21. The Bertz CT molecular complexity index is 838. The average Bonchev–Trinajstić information content (AvgIpc) is 3.01. The van der Waals surface area contributed by atoms with Crippen molar-refractivity contribution in [1.29, 1.82) is 5.26 Å². The fraction of sp³-hybridized carbons (Fsp3) is 0.389. The number of hydrogen-bond donors (Lipinski definition) is 1. The Balaban J connectivity index is 2.21. The third-order valence-electron chi connectivity index (χ3n) is 4.50. The van der Waals surface area contributed by atoms with Gasteiger partial charge < -0.3 is 5.32 Å². The highest BCUT2D eigenvalue weighted by atomic mass is 19.3. The summed E-state index contributed by atoms with van der Waals surface area (Å²) in [5.41, 5.74) is 1.87. The number of nitrogens with one attached hydrogen (secondary N) is 1. The van der Waals surface area contributed by atoms with Gasteiger partial charge in [-0.05, 0) is 37.0 Å². The van der Waals surface area contributed by atoms with E-state index in [9.17, 15) is 18.8 Å². The van der Waals surface area contributed by atoms with Gasteiger partial charge in [0.2, 0.25) is 5.91 Å². The standard InChI is InChI=1S/C18H18F2N4O/c1-11-4-2-3-5-12-6-7-13(9-21)14(8-12)16-15(23-17(11)25)10-22-24(16)18(19)20/h6-8,10-11,18H,2-5H2,1H3,(H,23,25). The van der Waals surface area contributed by atoms with Crippen LogP contribution in [0.5, 0.6) is 0 Å². The van der Waals surface area contributed by atoms with Gasteiger partial charge in [-0.15, -0.1) is 0 Å². The molecule has 1 atom stereocenters. The molecule has 25 heavy (non-hydrogen) atoms. The number of anilines is 1. The van der Waals surface area contributed by atoms with Crippen LogP contribution >= 0.6 is 0 Å². The topological polar surface area (TPSA) is 70.7 Å². The van der Waals surface area contributed by atoms with E-state index in [2.05, 4.69) is 10.4 Å². The number of rotatable bonds is 1. The maximum atomic E-state index is 13.4. The number of aromatic nitrogens is 2. The van der Waals surface area contributed by atoms with E-state index in [1.54, 1.807) is 12.1 Å². The maximum Gasteiger partial charge on any atom is 0.333 e. The Kier molecular flexibility index (Phi) is 4.79. The largest absolute Gasteiger partial charge is 0.333 e. The number of amides is 1. The summed E-state index contributed by atoms with van der Waals surface area (Å²) in [6.45, 7) is -1.06.